The molecule has 1 atom stereocenters. The van der Waals surface area contributed by atoms with E-state index in [0.29, 0.717) is 68.1 Å². The molecule has 0 radical (unpaired) electrons. The summed E-state index contributed by atoms with van der Waals surface area (Å²) >= 11 is 0. The van der Waals surface area contributed by atoms with Crippen LogP contribution >= 0.6 is 0 Å². The summed E-state index contributed by atoms with van der Waals surface area (Å²) in [4.78, 5) is 48.4. The second-order valence-electron chi connectivity index (χ2n) is 11.7. The van der Waals surface area contributed by atoms with Gasteiger partial charge < -0.3 is 19.7 Å². The van der Waals surface area contributed by atoms with E-state index < -0.39 is 23.7 Å². The smallest absolute Gasteiger partial charge is 0.320 e. The summed E-state index contributed by atoms with van der Waals surface area (Å²) < 4.78 is 21.4. The quantitative estimate of drug-likeness (QED) is 0.314. The number of aliphatic carboxylic acids is 1. The molecule has 3 aromatic rings. The van der Waals surface area contributed by atoms with E-state index in [2.05, 4.69) is 20.6 Å². The van der Waals surface area contributed by atoms with Crippen LogP contribution in [0.15, 0.2) is 36.5 Å². The third kappa shape index (κ3) is 7.30. The fourth-order valence-electron chi connectivity index (χ4n) is 6.10. The number of likely N-dealkylation sites (tertiary alicyclic amines) is 1. The minimum atomic E-state index is -0.810. The van der Waals surface area contributed by atoms with Crippen LogP contribution in [0.25, 0.3) is 11.0 Å². The highest BCUT2D eigenvalue weighted by molar-refractivity contribution is 6.04. The number of carbonyl (C=O) groups is 3. The maximum atomic E-state index is 13.4. The van der Waals surface area contributed by atoms with E-state index in [1.165, 1.54) is 24.3 Å². The van der Waals surface area contributed by atoms with Crippen LogP contribution in [0.1, 0.15) is 75.2 Å². The highest BCUT2D eigenvalue weighted by Crippen LogP contribution is 2.37. The number of imidazole rings is 1. The number of hydrogen-bond donors (Lipinski definition) is 3. The van der Waals surface area contributed by atoms with Crippen molar-refractivity contribution in [1.29, 1.82) is 0 Å². The number of halogens is 1. The standard InChI is InChI=1S/C31H39FN6O5/c1-19(2)34-28(39)21-8-12-23(13-9-21)38-26-17-27(43-16-15-37-14-4-3-5-25(37)30(41)42)33-18-24(26)35-31(38)36-29(40)20-6-10-22(32)11-7-20/h6-7,10-11,17-19,21,23,25H,3-5,8-9,12-16H2,1-2H3,(H,34,39)(H,41,42)(H,35,36,40). The summed E-state index contributed by atoms with van der Waals surface area (Å²) in [5.74, 6) is -0.951. The number of carbonyl (C=O) groups excluding carboxylic acids is 2. The second kappa shape index (κ2) is 13.5. The maximum absolute atomic E-state index is 13.4. The van der Waals surface area contributed by atoms with Crippen LogP contribution in [0.5, 0.6) is 5.88 Å². The van der Waals surface area contributed by atoms with E-state index in [-0.39, 0.29) is 30.5 Å². The Balaban J connectivity index is 1.36. The number of nitrogens with zero attached hydrogens (tertiary/aromatic N) is 4. The normalized spacial score (nSPS) is 21.1. The van der Waals surface area contributed by atoms with E-state index in [1.54, 1.807) is 12.3 Å². The molecule has 3 heterocycles. The van der Waals surface area contributed by atoms with Crippen molar-refractivity contribution in [3.8, 4) is 5.88 Å². The van der Waals surface area contributed by atoms with Gasteiger partial charge in [-0.05, 0) is 83.2 Å². The molecule has 2 aliphatic rings. The van der Waals surface area contributed by atoms with Gasteiger partial charge in [0.2, 0.25) is 17.7 Å². The fourth-order valence-corrected chi connectivity index (χ4v) is 6.10. The van der Waals surface area contributed by atoms with Gasteiger partial charge in [-0.2, -0.15) is 0 Å². The van der Waals surface area contributed by atoms with Crippen molar-refractivity contribution in [3.05, 3.63) is 47.9 Å². The predicted octanol–water partition coefficient (Wildman–Crippen LogP) is 4.40. The zero-order valence-corrected chi connectivity index (χ0v) is 24.6. The van der Waals surface area contributed by atoms with Crippen LogP contribution < -0.4 is 15.4 Å². The molecular weight excluding hydrogens is 555 g/mol. The second-order valence-corrected chi connectivity index (χ2v) is 11.7. The van der Waals surface area contributed by atoms with Crippen LogP contribution in [-0.2, 0) is 9.59 Å². The lowest BCUT2D eigenvalue weighted by molar-refractivity contribution is -0.144. The largest absolute Gasteiger partial charge is 0.480 e. The summed E-state index contributed by atoms with van der Waals surface area (Å²) in [6.45, 7) is 5.36. The van der Waals surface area contributed by atoms with Crippen molar-refractivity contribution < 1.29 is 28.6 Å². The number of pyridine rings is 1. The summed E-state index contributed by atoms with van der Waals surface area (Å²) in [5.41, 5.74) is 1.60. The van der Waals surface area contributed by atoms with Crippen molar-refractivity contribution in [2.45, 2.75) is 76.9 Å². The first-order chi connectivity index (χ1) is 20.7. The first-order valence-corrected chi connectivity index (χ1v) is 15.0. The third-order valence-corrected chi connectivity index (χ3v) is 8.27. The van der Waals surface area contributed by atoms with Gasteiger partial charge in [-0.15, -0.1) is 0 Å². The molecule has 11 nitrogen and oxygen atoms in total. The molecule has 1 aliphatic heterocycles. The highest BCUT2D eigenvalue weighted by Gasteiger charge is 2.31. The molecule has 0 spiro atoms. The number of nitrogens with one attached hydrogen (secondary N) is 2. The molecule has 1 saturated heterocycles. The Kier molecular flexibility index (Phi) is 9.54. The number of carboxylic acid groups (broad SMARTS) is 1. The van der Waals surface area contributed by atoms with Gasteiger partial charge in [-0.3, -0.25) is 24.6 Å². The first kappa shape index (κ1) is 30.4. The van der Waals surface area contributed by atoms with Gasteiger partial charge in [-0.1, -0.05) is 6.42 Å². The van der Waals surface area contributed by atoms with Gasteiger partial charge in [0.25, 0.3) is 5.91 Å². The number of piperidine rings is 1. The van der Waals surface area contributed by atoms with E-state index in [0.717, 1.165) is 18.4 Å². The molecule has 5 rings (SSSR count). The molecule has 1 unspecified atom stereocenters. The van der Waals surface area contributed by atoms with Crippen LogP contribution in [0, 0.1) is 11.7 Å². The average molecular weight is 595 g/mol. The average Bonchev–Trinajstić information content (AvgIpc) is 3.34. The van der Waals surface area contributed by atoms with Crippen LogP contribution in [-0.4, -0.2) is 74.1 Å². The number of aromatic nitrogens is 3. The summed E-state index contributed by atoms with van der Waals surface area (Å²) in [6, 6.07) is 6.64. The molecule has 230 valence electrons. The Labute approximate surface area is 249 Å². The molecule has 1 aliphatic carbocycles. The van der Waals surface area contributed by atoms with E-state index in [4.69, 9.17) is 4.74 Å². The van der Waals surface area contributed by atoms with Gasteiger partial charge in [-0.25, -0.2) is 14.4 Å². The zero-order valence-electron chi connectivity index (χ0n) is 24.6. The predicted molar refractivity (Wildman–Crippen MR) is 158 cm³/mol. The van der Waals surface area contributed by atoms with Gasteiger partial charge in [0, 0.05) is 36.2 Å². The number of hydrogen-bond acceptors (Lipinski definition) is 7. The Morgan fingerprint density at radius 1 is 1.09 bits per heavy atom. The van der Waals surface area contributed by atoms with Gasteiger partial charge in [0.05, 0.1) is 11.7 Å². The van der Waals surface area contributed by atoms with Crippen LogP contribution in [0.2, 0.25) is 0 Å². The lowest BCUT2D eigenvalue weighted by Crippen LogP contribution is -2.46. The molecule has 1 aromatic carbocycles. The number of anilines is 1. The monoisotopic (exact) mass is 594 g/mol. The molecule has 43 heavy (non-hydrogen) atoms. The Bertz CT molecular complexity index is 1450. The third-order valence-electron chi connectivity index (χ3n) is 8.27. The lowest BCUT2D eigenvalue weighted by atomic mass is 9.85. The number of fused-ring (bicyclic) bond motifs is 1. The SMILES string of the molecule is CC(C)NC(=O)C1CCC(n2c(NC(=O)c3ccc(F)cc3)nc3cnc(OCCN4CCCCC4C(=O)O)cc32)CC1. The number of carboxylic acids is 1. The molecule has 2 fully saturated rings. The van der Waals surface area contributed by atoms with Crippen LogP contribution in [0.3, 0.4) is 0 Å². The molecule has 0 bridgehead atoms. The number of rotatable bonds is 10. The zero-order chi connectivity index (χ0) is 30.5. The first-order valence-electron chi connectivity index (χ1n) is 15.0. The topological polar surface area (TPSA) is 139 Å². The van der Waals surface area contributed by atoms with Gasteiger partial charge in [0.15, 0.2) is 0 Å². The van der Waals surface area contributed by atoms with E-state index in [1.807, 2.05) is 23.3 Å². The molecule has 3 N–H and O–H groups in total. The van der Waals surface area contributed by atoms with Crippen molar-refractivity contribution in [1.82, 2.24) is 24.8 Å². The number of benzene rings is 1. The van der Waals surface area contributed by atoms with Gasteiger partial charge >= 0.3 is 5.97 Å². The van der Waals surface area contributed by atoms with Crippen molar-refractivity contribution in [2.24, 2.45) is 5.92 Å². The summed E-state index contributed by atoms with van der Waals surface area (Å²) in [6.07, 6.45) is 6.91. The number of ether oxygens (including phenoxy) is 1. The van der Waals surface area contributed by atoms with Crippen molar-refractivity contribution >= 4 is 34.8 Å². The number of amides is 2. The van der Waals surface area contributed by atoms with E-state index >= 15 is 0 Å². The minimum absolute atomic E-state index is 0.0310. The minimum Gasteiger partial charge on any atom is -0.480 e. The van der Waals surface area contributed by atoms with Crippen LogP contribution in [0.4, 0.5) is 10.3 Å². The summed E-state index contributed by atoms with van der Waals surface area (Å²) in [7, 11) is 0. The molecule has 12 heteroatoms. The Morgan fingerprint density at radius 2 is 1.84 bits per heavy atom. The molecule has 2 amide bonds. The van der Waals surface area contributed by atoms with Crippen molar-refractivity contribution in [3.63, 3.8) is 0 Å². The maximum Gasteiger partial charge on any atom is 0.320 e. The molecule has 2 aromatic heterocycles. The Hall–Kier alpha value is -4.06. The molecule has 1 saturated carbocycles. The van der Waals surface area contributed by atoms with E-state index in [9.17, 15) is 23.9 Å². The fraction of sp³-hybridized carbons (Fsp3) is 0.516. The summed E-state index contributed by atoms with van der Waals surface area (Å²) in [5, 5.41) is 15.5. The van der Waals surface area contributed by atoms with Crippen molar-refractivity contribution in [2.75, 3.05) is 25.0 Å². The molecular formula is C31H39FN6O5. The Morgan fingerprint density at radius 3 is 2.53 bits per heavy atom. The highest BCUT2D eigenvalue weighted by atomic mass is 19.1. The van der Waals surface area contributed by atoms with Gasteiger partial charge in [0.1, 0.15) is 24.0 Å². The lowest BCUT2D eigenvalue weighted by Gasteiger charge is -2.32.